The van der Waals surface area contributed by atoms with Crippen LogP contribution in [0.15, 0.2) is 22.9 Å². The van der Waals surface area contributed by atoms with Crippen molar-refractivity contribution in [1.82, 2.24) is 14.9 Å². The Balaban J connectivity index is 1.68. The zero-order valence-electron chi connectivity index (χ0n) is 13.7. The summed E-state index contributed by atoms with van der Waals surface area (Å²) in [6.07, 6.45) is 0. The van der Waals surface area contributed by atoms with E-state index in [1.54, 1.807) is 11.3 Å². The summed E-state index contributed by atoms with van der Waals surface area (Å²) in [6.45, 7) is 4.89. The number of anilines is 2. The number of piperazine rings is 1. The van der Waals surface area contributed by atoms with Crippen LogP contribution in [-0.4, -0.2) is 61.0 Å². The number of amides is 1. The number of rotatable bonds is 3. The molecule has 0 N–H and O–H groups in total. The molecule has 2 aromatic rings. The number of thiophene rings is 1. The molecule has 0 aliphatic carbocycles. The third-order valence-corrected chi connectivity index (χ3v) is 4.59. The summed E-state index contributed by atoms with van der Waals surface area (Å²) >= 11 is 1.55. The predicted octanol–water partition coefficient (Wildman–Crippen LogP) is 1.87. The zero-order chi connectivity index (χ0) is 16.4. The number of hydrogen-bond acceptors (Lipinski definition) is 6. The number of carbonyl (C=O) groups excluding carboxylic acids is 1. The van der Waals surface area contributed by atoms with Gasteiger partial charge in [-0.2, -0.15) is 16.3 Å². The van der Waals surface area contributed by atoms with Crippen molar-refractivity contribution in [2.45, 2.75) is 6.92 Å². The highest BCUT2D eigenvalue weighted by molar-refractivity contribution is 7.08. The maximum absolute atomic E-state index is 12.4. The number of aryl methyl sites for hydroxylation is 1. The summed E-state index contributed by atoms with van der Waals surface area (Å²) < 4.78 is 0. The van der Waals surface area contributed by atoms with Gasteiger partial charge in [-0.3, -0.25) is 4.79 Å². The summed E-state index contributed by atoms with van der Waals surface area (Å²) in [5.41, 5.74) is 1.74. The molecule has 3 rings (SSSR count). The zero-order valence-corrected chi connectivity index (χ0v) is 14.5. The minimum Gasteiger partial charge on any atom is -0.363 e. The van der Waals surface area contributed by atoms with Crippen LogP contribution in [0.25, 0.3) is 0 Å². The second-order valence-corrected chi connectivity index (χ2v) is 6.63. The van der Waals surface area contributed by atoms with Gasteiger partial charge in [0.05, 0.1) is 5.56 Å². The van der Waals surface area contributed by atoms with Crippen molar-refractivity contribution in [2.24, 2.45) is 0 Å². The van der Waals surface area contributed by atoms with Crippen molar-refractivity contribution in [3.8, 4) is 0 Å². The number of aromatic nitrogens is 2. The highest BCUT2D eigenvalue weighted by atomic mass is 32.1. The molecule has 7 heteroatoms. The highest BCUT2D eigenvalue weighted by Crippen LogP contribution is 2.18. The maximum atomic E-state index is 12.4. The third-order valence-electron chi connectivity index (χ3n) is 3.90. The van der Waals surface area contributed by atoms with E-state index in [4.69, 9.17) is 0 Å². The molecule has 6 nitrogen and oxygen atoms in total. The van der Waals surface area contributed by atoms with Crippen LogP contribution >= 0.6 is 11.3 Å². The summed E-state index contributed by atoms with van der Waals surface area (Å²) in [6, 6.07) is 3.85. The molecule has 2 aromatic heterocycles. The van der Waals surface area contributed by atoms with Crippen LogP contribution in [0, 0.1) is 6.92 Å². The molecule has 0 bridgehead atoms. The second kappa shape index (κ2) is 6.54. The van der Waals surface area contributed by atoms with Gasteiger partial charge in [0.2, 0.25) is 5.95 Å². The Bertz CT molecular complexity index is 678. The average Bonchev–Trinajstić information content (AvgIpc) is 3.08. The van der Waals surface area contributed by atoms with Crippen molar-refractivity contribution in [3.05, 3.63) is 34.2 Å². The second-order valence-electron chi connectivity index (χ2n) is 5.85. The molecule has 1 fully saturated rings. The number of hydrogen-bond donors (Lipinski definition) is 0. The van der Waals surface area contributed by atoms with Gasteiger partial charge in [0.25, 0.3) is 5.91 Å². The van der Waals surface area contributed by atoms with Crippen LogP contribution in [-0.2, 0) is 0 Å². The monoisotopic (exact) mass is 331 g/mol. The highest BCUT2D eigenvalue weighted by Gasteiger charge is 2.24. The first kappa shape index (κ1) is 15.7. The van der Waals surface area contributed by atoms with E-state index in [1.807, 2.05) is 53.7 Å². The predicted molar refractivity (Wildman–Crippen MR) is 93.5 cm³/mol. The molecule has 0 unspecified atom stereocenters. The molecular weight excluding hydrogens is 310 g/mol. The molecule has 1 aliphatic heterocycles. The molecule has 0 spiro atoms. The fourth-order valence-electron chi connectivity index (χ4n) is 2.59. The molecule has 0 saturated carbocycles. The molecular formula is C16H21N5OS. The van der Waals surface area contributed by atoms with Gasteiger partial charge in [-0.05, 0) is 18.4 Å². The molecule has 0 atom stereocenters. The molecule has 0 aromatic carbocycles. The first-order chi connectivity index (χ1) is 11.0. The Labute approximate surface area is 140 Å². The van der Waals surface area contributed by atoms with E-state index >= 15 is 0 Å². The Hall–Kier alpha value is -2.15. The lowest BCUT2D eigenvalue weighted by Gasteiger charge is -2.35. The SMILES string of the molecule is Cc1cc(N(C)C)nc(N2CCN(C(=O)c3ccsc3)CC2)n1. The van der Waals surface area contributed by atoms with E-state index < -0.39 is 0 Å². The van der Waals surface area contributed by atoms with Crippen molar-refractivity contribution in [2.75, 3.05) is 50.1 Å². The van der Waals surface area contributed by atoms with Gasteiger partial charge in [0, 0.05) is 57.4 Å². The van der Waals surface area contributed by atoms with Crippen LogP contribution < -0.4 is 9.80 Å². The summed E-state index contributed by atoms with van der Waals surface area (Å²) in [5, 5.41) is 3.84. The molecule has 23 heavy (non-hydrogen) atoms. The van der Waals surface area contributed by atoms with Crippen molar-refractivity contribution in [1.29, 1.82) is 0 Å². The molecule has 0 radical (unpaired) electrons. The molecule has 1 aliphatic rings. The van der Waals surface area contributed by atoms with Crippen LogP contribution in [0.5, 0.6) is 0 Å². The van der Waals surface area contributed by atoms with E-state index in [0.29, 0.717) is 13.1 Å². The van der Waals surface area contributed by atoms with Crippen molar-refractivity contribution >= 4 is 29.0 Å². The van der Waals surface area contributed by atoms with Crippen LogP contribution in [0.2, 0.25) is 0 Å². The van der Waals surface area contributed by atoms with E-state index in [1.165, 1.54) is 0 Å². The lowest BCUT2D eigenvalue weighted by Crippen LogP contribution is -2.49. The minimum absolute atomic E-state index is 0.116. The molecule has 3 heterocycles. The Morgan fingerprint density at radius 3 is 2.57 bits per heavy atom. The maximum Gasteiger partial charge on any atom is 0.254 e. The van der Waals surface area contributed by atoms with Gasteiger partial charge in [0.15, 0.2) is 0 Å². The van der Waals surface area contributed by atoms with Gasteiger partial charge < -0.3 is 14.7 Å². The van der Waals surface area contributed by atoms with Gasteiger partial charge in [-0.25, -0.2) is 4.98 Å². The smallest absolute Gasteiger partial charge is 0.254 e. The largest absolute Gasteiger partial charge is 0.363 e. The van der Waals surface area contributed by atoms with Gasteiger partial charge in [-0.1, -0.05) is 0 Å². The van der Waals surface area contributed by atoms with Crippen molar-refractivity contribution < 1.29 is 4.79 Å². The topological polar surface area (TPSA) is 52.6 Å². The van der Waals surface area contributed by atoms with Crippen LogP contribution in [0.4, 0.5) is 11.8 Å². The lowest BCUT2D eigenvalue weighted by atomic mass is 10.2. The Morgan fingerprint density at radius 2 is 1.96 bits per heavy atom. The van der Waals surface area contributed by atoms with E-state index in [0.717, 1.165) is 36.1 Å². The third kappa shape index (κ3) is 3.44. The Morgan fingerprint density at radius 1 is 1.22 bits per heavy atom. The fourth-order valence-corrected chi connectivity index (χ4v) is 3.22. The lowest BCUT2D eigenvalue weighted by molar-refractivity contribution is 0.0747. The van der Waals surface area contributed by atoms with Gasteiger partial charge in [0.1, 0.15) is 5.82 Å². The van der Waals surface area contributed by atoms with Crippen molar-refractivity contribution in [3.63, 3.8) is 0 Å². The first-order valence-electron chi connectivity index (χ1n) is 7.64. The Kier molecular flexibility index (Phi) is 4.47. The van der Waals surface area contributed by atoms with E-state index in [9.17, 15) is 4.79 Å². The standard InChI is InChI=1S/C16H21N5OS/c1-12-10-14(19(2)3)18-16(17-12)21-7-5-20(6-8-21)15(22)13-4-9-23-11-13/h4,9-11H,5-8H2,1-3H3. The van der Waals surface area contributed by atoms with Gasteiger partial charge in [-0.15, -0.1) is 0 Å². The average molecular weight is 331 g/mol. The minimum atomic E-state index is 0.116. The quantitative estimate of drug-likeness (QED) is 0.859. The first-order valence-corrected chi connectivity index (χ1v) is 8.58. The van der Waals surface area contributed by atoms with E-state index in [-0.39, 0.29) is 5.91 Å². The number of nitrogens with zero attached hydrogens (tertiary/aromatic N) is 5. The number of carbonyl (C=O) groups is 1. The summed E-state index contributed by atoms with van der Waals surface area (Å²) in [5.74, 6) is 1.77. The molecule has 122 valence electrons. The summed E-state index contributed by atoms with van der Waals surface area (Å²) in [7, 11) is 3.95. The fraction of sp³-hybridized carbons (Fsp3) is 0.438. The van der Waals surface area contributed by atoms with Crippen LogP contribution in [0.3, 0.4) is 0 Å². The molecule has 1 amide bonds. The van der Waals surface area contributed by atoms with E-state index in [2.05, 4.69) is 14.9 Å². The van der Waals surface area contributed by atoms with Crippen LogP contribution in [0.1, 0.15) is 16.1 Å². The normalized spacial score (nSPS) is 14.9. The molecule has 1 saturated heterocycles. The van der Waals surface area contributed by atoms with Gasteiger partial charge >= 0.3 is 0 Å². The summed E-state index contributed by atoms with van der Waals surface area (Å²) in [4.78, 5) is 27.6.